The number of nitrogens with one attached hydrogen (secondary N) is 1. The molecule has 2 unspecified atom stereocenters. The molecule has 5 heteroatoms. The average molecular weight is 372 g/mol. The fraction of sp³-hybridized carbons (Fsp3) is 0.381. The van der Waals surface area contributed by atoms with Crippen molar-refractivity contribution in [2.24, 2.45) is 0 Å². The number of piperidine rings is 1. The van der Waals surface area contributed by atoms with E-state index in [0.29, 0.717) is 34.0 Å². The first-order chi connectivity index (χ1) is 12.4. The van der Waals surface area contributed by atoms with Gasteiger partial charge >= 0.3 is 0 Å². The van der Waals surface area contributed by atoms with Gasteiger partial charge in [0, 0.05) is 17.8 Å². The van der Waals surface area contributed by atoms with Gasteiger partial charge in [0.15, 0.2) is 0 Å². The highest BCUT2D eigenvalue weighted by molar-refractivity contribution is 6.34. The van der Waals surface area contributed by atoms with Crippen LogP contribution in [0, 0.1) is 6.92 Å². The Morgan fingerprint density at radius 1 is 1.19 bits per heavy atom. The monoisotopic (exact) mass is 371 g/mol. The summed E-state index contributed by atoms with van der Waals surface area (Å²) < 4.78 is 0. The number of carbonyl (C=O) groups excluding carboxylic acids is 1. The summed E-state index contributed by atoms with van der Waals surface area (Å²) in [5, 5.41) is 3.35. The Morgan fingerprint density at radius 3 is 2.50 bits per heavy atom. The molecule has 26 heavy (non-hydrogen) atoms. The van der Waals surface area contributed by atoms with E-state index in [0.717, 1.165) is 11.3 Å². The summed E-state index contributed by atoms with van der Waals surface area (Å²) in [5.41, 5.74) is 10.1. The van der Waals surface area contributed by atoms with Crippen LogP contribution in [-0.2, 0) is 0 Å². The molecule has 3 rings (SSSR count). The molecule has 2 aromatic rings. The zero-order chi connectivity index (χ0) is 18.8. The summed E-state index contributed by atoms with van der Waals surface area (Å²) in [6.45, 7) is 6.58. The van der Waals surface area contributed by atoms with Crippen molar-refractivity contribution in [1.82, 2.24) is 0 Å². The number of aryl methyl sites for hydroxylation is 1. The standard InChI is InChI=1S/C21H26ClN3O/c1-13-11-18(23)19(24-21(26)16-9-4-5-10-17(16)22)12-20(13)25-14(2)7-6-8-15(25)3/h4-5,9-12,14-15H,6-8,23H2,1-3H3,(H,24,26). The zero-order valence-electron chi connectivity index (χ0n) is 15.6. The fourth-order valence-corrected chi connectivity index (χ4v) is 4.06. The Bertz CT molecular complexity index is 811. The van der Waals surface area contributed by atoms with Crippen molar-refractivity contribution in [2.75, 3.05) is 16.0 Å². The van der Waals surface area contributed by atoms with Gasteiger partial charge in [-0.05, 0) is 69.9 Å². The van der Waals surface area contributed by atoms with Crippen LogP contribution in [0.15, 0.2) is 36.4 Å². The number of rotatable bonds is 3. The number of nitrogens with two attached hydrogens (primary N) is 1. The highest BCUT2D eigenvalue weighted by Crippen LogP contribution is 2.36. The largest absolute Gasteiger partial charge is 0.397 e. The lowest BCUT2D eigenvalue weighted by Crippen LogP contribution is -2.44. The van der Waals surface area contributed by atoms with Gasteiger partial charge in [-0.3, -0.25) is 4.79 Å². The summed E-state index contributed by atoms with van der Waals surface area (Å²) >= 11 is 6.14. The van der Waals surface area contributed by atoms with Crippen LogP contribution in [0.2, 0.25) is 5.02 Å². The van der Waals surface area contributed by atoms with Crippen LogP contribution in [-0.4, -0.2) is 18.0 Å². The molecule has 0 saturated carbocycles. The predicted octanol–water partition coefficient (Wildman–Crippen LogP) is 5.25. The van der Waals surface area contributed by atoms with E-state index in [1.165, 1.54) is 19.3 Å². The Morgan fingerprint density at radius 2 is 1.85 bits per heavy atom. The molecule has 0 bridgehead atoms. The number of anilines is 3. The number of carbonyl (C=O) groups is 1. The number of hydrogen-bond donors (Lipinski definition) is 2. The molecule has 1 heterocycles. The maximum atomic E-state index is 12.6. The minimum absolute atomic E-state index is 0.253. The number of nitrogen functional groups attached to an aromatic ring is 1. The molecule has 138 valence electrons. The lowest BCUT2D eigenvalue weighted by atomic mass is 9.95. The first kappa shape index (κ1) is 18.6. The van der Waals surface area contributed by atoms with Crippen molar-refractivity contribution < 1.29 is 4.79 Å². The lowest BCUT2D eigenvalue weighted by molar-refractivity contribution is 0.102. The number of amides is 1. The topological polar surface area (TPSA) is 58.4 Å². The quantitative estimate of drug-likeness (QED) is 0.724. The van der Waals surface area contributed by atoms with E-state index in [1.807, 2.05) is 12.1 Å². The van der Waals surface area contributed by atoms with Crippen LogP contribution in [0.3, 0.4) is 0 Å². The first-order valence-corrected chi connectivity index (χ1v) is 9.50. The normalized spacial score (nSPS) is 20.1. The summed E-state index contributed by atoms with van der Waals surface area (Å²) in [6.07, 6.45) is 3.61. The molecule has 0 spiro atoms. The third kappa shape index (κ3) is 3.65. The summed E-state index contributed by atoms with van der Waals surface area (Å²) in [4.78, 5) is 15.1. The van der Waals surface area contributed by atoms with Gasteiger partial charge in [-0.25, -0.2) is 0 Å². The molecule has 1 fully saturated rings. The number of hydrogen-bond acceptors (Lipinski definition) is 3. The highest BCUT2D eigenvalue weighted by Gasteiger charge is 2.26. The van der Waals surface area contributed by atoms with E-state index in [4.69, 9.17) is 17.3 Å². The third-order valence-corrected chi connectivity index (χ3v) is 5.54. The Labute approximate surface area is 160 Å². The van der Waals surface area contributed by atoms with Gasteiger partial charge in [-0.2, -0.15) is 0 Å². The molecule has 2 aromatic carbocycles. The zero-order valence-corrected chi connectivity index (χ0v) is 16.3. The molecule has 4 nitrogen and oxygen atoms in total. The van der Waals surface area contributed by atoms with Gasteiger partial charge in [-0.1, -0.05) is 23.7 Å². The lowest BCUT2D eigenvalue weighted by Gasteiger charge is -2.42. The van der Waals surface area contributed by atoms with Crippen molar-refractivity contribution >= 4 is 34.6 Å². The van der Waals surface area contributed by atoms with Crippen molar-refractivity contribution in [3.05, 3.63) is 52.5 Å². The molecule has 0 aromatic heterocycles. The summed E-state index contributed by atoms with van der Waals surface area (Å²) in [6, 6.07) is 11.9. The van der Waals surface area contributed by atoms with E-state index < -0.39 is 0 Å². The number of halogens is 1. The van der Waals surface area contributed by atoms with Crippen molar-refractivity contribution in [3.8, 4) is 0 Å². The molecular formula is C21H26ClN3O. The number of benzene rings is 2. The smallest absolute Gasteiger partial charge is 0.257 e. The fourth-order valence-electron chi connectivity index (χ4n) is 3.84. The van der Waals surface area contributed by atoms with Gasteiger partial charge in [-0.15, -0.1) is 0 Å². The second kappa shape index (κ2) is 7.58. The molecule has 3 N–H and O–H groups in total. The minimum Gasteiger partial charge on any atom is -0.397 e. The molecule has 2 atom stereocenters. The average Bonchev–Trinajstić information content (AvgIpc) is 2.58. The molecule has 1 amide bonds. The van der Waals surface area contributed by atoms with Crippen LogP contribution < -0.4 is 16.0 Å². The second-order valence-electron chi connectivity index (χ2n) is 7.20. The minimum atomic E-state index is -0.253. The molecule has 1 aliphatic rings. The molecule has 0 radical (unpaired) electrons. The maximum absolute atomic E-state index is 12.6. The van der Waals surface area contributed by atoms with Crippen LogP contribution in [0.5, 0.6) is 0 Å². The van der Waals surface area contributed by atoms with Crippen LogP contribution >= 0.6 is 11.6 Å². The first-order valence-electron chi connectivity index (χ1n) is 9.13. The van der Waals surface area contributed by atoms with Gasteiger partial charge in [0.2, 0.25) is 0 Å². The summed E-state index contributed by atoms with van der Waals surface area (Å²) in [7, 11) is 0. The molecule has 0 aliphatic carbocycles. The van der Waals surface area contributed by atoms with E-state index in [2.05, 4.69) is 31.0 Å². The highest BCUT2D eigenvalue weighted by atomic mass is 35.5. The Hall–Kier alpha value is -2.20. The predicted molar refractivity (Wildman–Crippen MR) is 110 cm³/mol. The molecule has 1 aliphatic heterocycles. The van der Waals surface area contributed by atoms with Gasteiger partial charge in [0.1, 0.15) is 0 Å². The van der Waals surface area contributed by atoms with Crippen LogP contribution in [0.1, 0.15) is 49.0 Å². The van der Waals surface area contributed by atoms with Crippen molar-refractivity contribution in [2.45, 2.75) is 52.1 Å². The van der Waals surface area contributed by atoms with Gasteiger partial charge in [0.25, 0.3) is 5.91 Å². The van der Waals surface area contributed by atoms with Gasteiger partial charge < -0.3 is 16.0 Å². The SMILES string of the molecule is Cc1cc(N)c(NC(=O)c2ccccc2Cl)cc1N1C(C)CCCC1C. The van der Waals surface area contributed by atoms with Crippen LogP contribution in [0.4, 0.5) is 17.1 Å². The molecule has 1 saturated heterocycles. The molecular weight excluding hydrogens is 346 g/mol. The third-order valence-electron chi connectivity index (χ3n) is 5.21. The second-order valence-corrected chi connectivity index (χ2v) is 7.60. The van der Waals surface area contributed by atoms with Crippen molar-refractivity contribution in [1.29, 1.82) is 0 Å². The van der Waals surface area contributed by atoms with E-state index in [-0.39, 0.29) is 5.91 Å². The Balaban J connectivity index is 1.93. The van der Waals surface area contributed by atoms with Gasteiger partial charge in [0.05, 0.1) is 22.0 Å². The maximum Gasteiger partial charge on any atom is 0.257 e. The van der Waals surface area contributed by atoms with E-state index in [1.54, 1.807) is 24.3 Å². The van der Waals surface area contributed by atoms with Crippen molar-refractivity contribution in [3.63, 3.8) is 0 Å². The Kier molecular flexibility index (Phi) is 5.42. The summed E-state index contributed by atoms with van der Waals surface area (Å²) in [5.74, 6) is -0.253. The van der Waals surface area contributed by atoms with Crippen LogP contribution in [0.25, 0.3) is 0 Å². The van der Waals surface area contributed by atoms with E-state index >= 15 is 0 Å². The van der Waals surface area contributed by atoms with E-state index in [9.17, 15) is 4.79 Å². The number of nitrogens with zero attached hydrogens (tertiary/aromatic N) is 1.